The fourth-order valence-electron chi connectivity index (χ4n) is 1.76. The Kier molecular flexibility index (Phi) is 9.35. The topological polar surface area (TPSA) is 72.3 Å². The highest BCUT2D eigenvalue weighted by Crippen LogP contribution is 2.16. The summed E-state index contributed by atoms with van der Waals surface area (Å²) in [6.45, 7) is 2.96. The smallest absolute Gasteiger partial charge is 0.0434 e. The van der Waals surface area contributed by atoms with Gasteiger partial charge < -0.3 is 16.6 Å². The van der Waals surface area contributed by atoms with Crippen molar-refractivity contribution in [2.45, 2.75) is 51.5 Å². The summed E-state index contributed by atoms with van der Waals surface area (Å²) in [4.78, 5) is 0. The fraction of sp³-hybridized carbons (Fsp3) is 1.00. The van der Waals surface area contributed by atoms with Crippen LogP contribution in [0, 0.1) is 5.92 Å². The van der Waals surface area contributed by atoms with Gasteiger partial charge in [-0.25, -0.2) is 0 Å². The van der Waals surface area contributed by atoms with E-state index in [-0.39, 0.29) is 12.6 Å². The minimum absolute atomic E-state index is 0.0591. The second kappa shape index (κ2) is 9.44. The van der Waals surface area contributed by atoms with Gasteiger partial charge in [0.05, 0.1) is 0 Å². The normalized spacial score (nSPS) is 15.4. The maximum atomic E-state index is 8.89. The van der Waals surface area contributed by atoms with Crippen molar-refractivity contribution in [1.29, 1.82) is 0 Å². The van der Waals surface area contributed by atoms with Crippen LogP contribution < -0.4 is 11.5 Å². The quantitative estimate of drug-likeness (QED) is 0.493. The highest BCUT2D eigenvalue weighted by molar-refractivity contribution is 4.73. The van der Waals surface area contributed by atoms with E-state index in [0.717, 1.165) is 12.8 Å². The van der Waals surface area contributed by atoms with Gasteiger partial charge >= 0.3 is 0 Å². The Balaban J connectivity index is 3.61. The monoisotopic (exact) mass is 202 g/mol. The molecule has 2 atom stereocenters. The molecule has 0 aromatic carbocycles. The number of nitrogens with two attached hydrogens (primary N) is 2. The molecule has 0 aliphatic rings. The molecule has 0 aromatic rings. The summed E-state index contributed by atoms with van der Waals surface area (Å²) in [6, 6.07) is 0.0591. The van der Waals surface area contributed by atoms with Gasteiger partial charge in [-0.2, -0.15) is 0 Å². The second-order valence-electron chi connectivity index (χ2n) is 4.02. The molecule has 0 radical (unpaired) electrons. The average Bonchev–Trinajstić information content (AvgIpc) is 2.21. The first kappa shape index (κ1) is 13.9. The summed E-state index contributed by atoms with van der Waals surface area (Å²) in [6.07, 6.45) is 6.95. The van der Waals surface area contributed by atoms with E-state index >= 15 is 0 Å². The van der Waals surface area contributed by atoms with Crippen LogP contribution in [0.25, 0.3) is 0 Å². The van der Waals surface area contributed by atoms with E-state index in [4.69, 9.17) is 16.6 Å². The maximum Gasteiger partial charge on any atom is 0.0434 e. The number of aliphatic hydroxyl groups excluding tert-OH is 1. The van der Waals surface area contributed by atoms with Crippen LogP contribution in [-0.4, -0.2) is 24.3 Å². The highest BCUT2D eigenvalue weighted by atomic mass is 16.3. The molecule has 0 saturated carbocycles. The first-order valence-corrected chi connectivity index (χ1v) is 5.82. The van der Waals surface area contributed by atoms with Gasteiger partial charge in [0.1, 0.15) is 0 Å². The van der Waals surface area contributed by atoms with Crippen LogP contribution in [0.15, 0.2) is 0 Å². The average molecular weight is 202 g/mol. The molecule has 0 spiro atoms. The molecule has 0 amide bonds. The van der Waals surface area contributed by atoms with Gasteiger partial charge in [-0.1, -0.05) is 32.6 Å². The summed E-state index contributed by atoms with van der Waals surface area (Å²) in [7, 11) is 0. The summed E-state index contributed by atoms with van der Waals surface area (Å²) in [5.41, 5.74) is 11.4. The Labute approximate surface area is 87.9 Å². The number of rotatable bonds is 9. The standard InChI is InChI=1S/C11H26N2O/c1-2-3-4-5-6-10(7-8-14)11(13)9-12/h10-11,14H,2-9,12-13H2,1H3. The van der Waals surface area contributed by atoms with Crippen molar-refractivity contribution in [2.75, 3.05) is 13.2 Å². The van der Waals surface area contributed by atoms with Gasteiger partial charge in [0.25, 0.3) is 0 Å². The summed E-state index contributed by atoms with van der Waals surface area (Å²) < 4.78 is 0. The molecule has 0 saturated heterocycles. The van der Waals surface area contributed by atoms with Gasteiger partial charge in [0.15, 0.2) is 0 Å². The molecule has 0 aliphatic heterocycles. The van der Waals surface area contributed by atoms with E-state index in [1.807, 2.05) is 0 Å². The first-order valence-electron chi connectivity index (χ1n) is 5.82. The molecule has 86 valence electrons. The second-order valence-corrected chi connectivity index (χ2v) is 4.02. The zero-order chi connectivity index (χ0) is 10.8. The molecule has 14 heavy (non-hydrogen) atoms. The minimum atomic E-state index is 0.0591. The third kappa shape index (κ3) is 6.35. The number of aliphatic hydroxyl groups is 1. The van der Waals surface area contributed by atoms with Crippen molar-refractivity contribution in [2.24, 2.45) is 17.4 Å². The maximum absolute atomic E-state index is 8.89. The number of hydrogen-bond acceptors (Lipinski definition) is 3. The van der Waals surface area contributed by atoms with Gasteiger partial charge in [-0.15, -0.1) is 0 Å². The molecule has 0 rings (SSSR count). The van der Waals surface area contributed by atoms with Gasteiger partial charge in [-0.05, 0) is 18.8 Å². The number of hydrogen-bond donors (Lipinski definition) is 3. The Morgan fingerprint density at radius 3 is 2.36 bits per heavy atom. The van der Waals surface area contributed by atoms with E-state index in [0.29, 0.717) is 12.5 Å². The zero-order valence-corrected chi connectivity index (χ0v) is 9.41. The van der Waals surface area contributed by atoms with E-state index in [9.17, 15) is 0 Å². The third-order valence-electron chi connectivity index (χ3n) is 2.81. The van der Waals surface area contributed by atoms with E-state index < -0.39 is 0 Å². The van der Waals surface area contributed by atoms with Crippen LogP contribution in [0.4, 0.5) is 0 Å². The molecule has 3 nitrogen and oxygen atoms in total. The number of unbranched alkanes of at least 4 members (excludes halogenated alkanes) is 3. The van der Waals surface area contributed by atoms with E-state index in [1.165, 1.54) is 25.7 Å². The third-order valence-corrected chi connectivity index (χ3v) is 2.81. The Morgan fingerprint density at radius 2 is 1.86 bits per heavy atom. The molecular weight excluding hydrogens is 176 g/mol. The molecule has 5 N–H and O–H groups in total. The molecule has 0 aromatic heterocycles. The molecule has 0 bridgehead atoms. The van der Waals surface area contributed by atoms with Crippen molar-refractivity contribution in [3.05, 3.63) is 0 Å². The van der Waals surface area contributed by atoms with Crippen LogP contribution in [0.2, 0.25) is 0 Å². The van der Waals surface area contributed by atoms with Crippen molar-refractivity contribution in [1.82, 2.24) is 0 Å². The molecule has 0 fully saturated rings. The molecule has 0 heterocycles. The van der Waals surface area contributed by atoms with E-state index in [2.05, 4.69) is 6.92 Å². The van der Waals surface area contributed by atoms with Crippen molar-refractivity contribution < 1.29 is 5.11 Å². The molecule has 2 unspecified atom stereocenters. The van der Waals surface area contributed by atoms with Crippen LogP contribution in [-0.2, 0) is 0 Å². The lowest BCUT2D eigenvalue weighted by Gasteiger charge is -2.21. The van der Waals surface area contributed by atoms with Crippen molar-refractivity contribution in [3.8, 4) is 0 Å². The van der Waals surface area contributed by atoms with E-state index in [1.54, 1.807) is 0 Å². The lowest BCUT2D eigenvalue weighted by Crippen LogP contribution is -2.37. The van der Waals surface area contributed by atoms with Crippen molar-refractivity contribution in [3.63, 3.8) is 0 Å². The Bertz CT molecular complexity index is 120. The SMILES string of the molecule is CCCCCCC(CCO)C(N)CN. The highest BCUT2D eigenvalue weighted by Gasteiger charge is 2.15. The predicted molar refractivity (Wildman–Crippen MR) is 61.0 cm³/mol. The van der Waals surface area contributed by atoms with Gasteiger partial charge in [-0.3, -0.25) is 0 Å². The molecule has 0 aliphatic carbocycles. The lowest BCUT2D eigenvalue weighted by molar-refractivity contribution is 0.234. The van der Waals surface area contributed by atoms with Gasteiger partial charge in [0.2, 0.25) is 0 Å². The largest absolute Gasteiger partial charge is 0.396 e. The van der Waals surface area contributed by atoms with Crippen LogP contribution in [0.5, 0.6) is 0 Å². The fourth-order valence-corrected chi connectivity index (χ4v) is 1.76. The summed E-state index contributed by atoms with van der Waals surface area (Å²) in [5.74, 6) is 0.404. The zero-order valence-electron chi connectivity index (χ0n) is 9.41. The molecule has 3 heteroatoms. The van der Waals surface area contributed by atoms with Crippen LogP contribution in [0.1, 0.15) is 45.4 Å². The summed E-state index contributed by atoms with van der Waals surface area (Å²) >= 11 is 0. The molecular formula is C11H26N2O. The van der Waals surface area contributed by atoms with Crippen LogP contribution >= 0.6 is 0 Å². The Morgan fingerprint density at radius 1 is 1.14 bits per heavy atom. The van der Waals surface area contributed by atoms with Gasteiger partial charge in [0, 0.05) is 19.2 Å². The van der Waals surface area contributed by atoms with Crippen LogP contribution in [0.3, 0.4) is 0 Å². The summed E-state index contributed by atoms with van der Waals surface area (Å²) in [5, 5.41) is 8.89. The minimum Gasteiger partial charge on any atom is -0.396 e. The Hall–Kier alpha value is -0.120. The first-order chi connectivity index (χ1) is 6.76. The lowest BCUT2D eigenvalue weighted by atomic mass is 9.91. The van der Waals surface area contributed by atoms with Crippen molar-refractivity contribution >= 4 is 0 Å². The predicted octanol–water partition coefficient (Wildman–Crippen LogP) is 1.24.